The average molecular weight is 287 g/mol. The maximum Gasteiger partial charge on any atom is 0.143 e. The van der Waals surface area contributed by atoms with Gasteiger partial charge in [0, 0.05) is 11.6 Å². The number of benzene rings is 1. The first kappa shape index (κ1) is 13.4. The van der Waals surface area contributed by atoms with Crippen LogP contribution in [0.3, 0.4) is 0 Å². The van der Waals surface area contributed by atoms with Crippen LogP contribution >= 0.6 is 23.2 Å². The summed E-state index contributed by atoms with van der Waals surface area (Å²) >= 11 is 11.6. The fourth-order valence-corrected chi connectivity index (χ4v) is 2.26. The molecule has 0 atom stereocenters. The van der Waals surface area contributed by atoms with Gasteiger partial charge in [-0.15, -0.1) is 11.6 Å². The van der Waals surface area contributed by atoms with Crippen LogP contribution in [0.15, 0.2) is 24.4 Å². The highest BCUT2D eigenvalue weighted by molar-refractivity contribution is 6.30. The average Bonchev–Trinajstić information content (AvgIpc) is 2.76. The molecule has 0 amide bonds. The molecule has 0 fully saturated rings. The van der Waals surface area contributed by atoms with E-state index in [4.69, 9.17) is 23.2 Å². The first-order valence-corrected chi connectivity index (χ1v) is 6.54. The van der Waals surface area contributed by atoms with Gasteiger partial charge in [0.1, 0.15) is 5.82 Å². The summed E-state index contributed by atoms with van der Waals surface area (Å²) < 4.78 is 15.2. The van der Waals surface area contributed by atoms with Crippen LogP contribution in [-0.4, -0.2) is 9.78 Å². The third-order valence-corrected chi connectivity index (χ3v) is 3.32. The Morgan fingerprint density at radius 3 is 2.67 bits per heavy atom. The summed E-state index contributed by atoms with van der Waals surface area (Å²) in [6.07, 6.45) is 1.72. The van der Waals surface area contributed by atoms with Crippen LogP contribution in [0.5, 0.6) is 0 Å². The van der Waals surface area contributed by atoms with Crippen molar-refractivity contribution in [2.45, 2.75) is 25.6 Å². The van der Waals surface area contributed by atoms with E-state index in [2.05, 4.69) is 18.9 Å². The minimum absolute atomic E-state index is 0.106. The van der Waals surface area contributed by atoms with Crippen molar-refractivity contribution in [1.82, 2.24) is 9.78 Å². The second-order valence-electron chi connectivity index (χ2n) is 4.35. The maximum absolute atomic E-state index is 13.5. The molecule has 18 heavy (non-hydrogen) atoms. The molecule has 0 unspecified atom stereocenters. The second-order valence-corrected chi connectivity index (χ2v) is 5.03. The van der Waals surface area contributed by atoms with E-state index in [0.29, 0.717) is 11.6 Å². The number of aromatic nitrogens is 2. The summed E-state index contributed by atoms with van der Waals surface area (Å²) in [5.41, 5.74) is 2.60. The van der Waals surface area contributed by atoms with Gasteiger partial charge in [0.05, 0.1) is 28.5 Å². The van der Waals surface area contributed by atoms with E-state index < -0.39 is 5.82 Å². The lowest BCUT2D eigenvalue weighted by Gasteiger charge is -2.12. The van der Waals surface area contributed by atoms with Crippen molar-refractivity contribution < 1.29 is 4.39 Å². The molecule has 0 saturated heterocycles. The summed E-state index contributed by atoms with van der Waals surface area (Å²) in [4.78, 5) is 0. The van der Waals surface area contributed by atoms with Crippen molar-refractivity contribution in [3.63, 3.8) is 0 Å². The Bertz CT molecular complexity index is 564. The van der Waals surface area contributed by atoms with Gasteiger partial charge in [0.15, 0.2) is 0 Å². The highest BCUT2D eigenvalue weighted by Gasteiger charge is 2.15. The van der Waals surface area contributed by atoms with Crippen molar-refractivity contribution >= 4 is 23.2 Å². The number of nitrogens with zero attached hydrogens (tertiary/aromatic N) is 2. The molecule has 5 heteroatoms. The predicted octanol–water partition coefficient (Wildman–Crippen LogP) is 4.53. The SMILES string of the molecule is CC(C)c1c(CCl)cnn1-c1ccc(Cl)c(F)c1. The number of halogens is 3. The molecule has 0 aliphatic carbocycles. The Morgan fingerprint density at radius 2 is 2.11 bits per heavy atom. The summed E-state index contributed by atoms with van der Waals surface area (Å²) in [6.45, 7) is 4.10. The Balaban J connectivity index is 2.56. The minimum Gasteiger partial charge on any atom is -0.237 e. The van der Waals surface area contributed by atoms with E-state index in [-0.39, 0.29) is 10.9 Å². The fourth-order valence-electron chi connectivity index (χ4n) is 1.93. The van der Waals surface area contributed by atoms with Crippen LogP contribution in [-0.2, 0) is 5.88 Å². The summed E-state index contributed by atoms with van der Waals surface area (Å²) in [5, 5.41) is 4.38. The molecule has 0 aliphatic heterocycles. The molecule has 0 radical (unpaired) electrons. The van der Waals surface area contributed by atoms with Gasteiger partial charge < -0.3 is 0 Å². The zero-order chi connectivity index (χ0) is 13.3. The fraction of sp³-hybridized carbons (Fsp3) is 0.308. The van der Waals surface area contributed by atoms with Gasteiger partial charge in [0.2, 0.25) is 0 Å². The van der Waals surface area contributed by atoms with Crippen molar-refractivity contribution in [3.8, 4) is 5.69 Å². The molecule has 0 bridgehead atoms. The molecule has 0 spiro atoms. The highest BCUT2D eigenvalue weighted by atomic mass is 35.5. The molecule has 1 aromatic carbocycles. The molecule has 0 aliphatic rings. The van der Waals surface area contributed by atoms with Crippen LogP contribution in [0.2, 0.25) is 5.02 Å². The van der Waals surface area contributed by atoms with Gasteiger partial charge in [-0.05, 0) is 18.1 Å². The Labute approximate surface area is 115 Å². The summed E-state index contributed by atoms with van der Waals surface area (Å²) in [7, 11) is 0. The molecule has 96 valence electrons. The third kappa shape index (κ3) is 2.38. The molecule has 1 aromatic heterocycles. The van der Waals surface area contributed by atoms with E-state index in [9.17, 15) is 4.39 Å². The monoisotopic (exact) mass is 286 g/mol. The van der Waals surface area contributed by atoms with Crippen LogP contribution in [0.25, 0.3) is 5.69 Å². The van der Waals surface area contributed by atoms with Crippen LogP contribution in [0, 0.1) is 5.82 Å². The van der Waals surface area contributed by atoms with Crippen LogP contribution in [0.1, 0.15) is 31.0 Å². The quantitative estimate of drug-likeness (QED) is 0.758. The van der Waals surface area contributed by atoms with Gasteiger partial charge in [0.25, 0.3) is 0 Å². The second kappa shape index (κ2) is 5.29. The maximum atomic E-state index is 13.5. The molecule has 0 saturated carbocycles. The largest absolute Gasteiger partial charge is 0.237 e. The van der Waals surface area contributed by atoms with Crippen molar-refractivity contribution in [1.29, 1.82) is 0 Å². The minimum atomic E-state index is -0.452. The zero-order valence-electron chi connectivity index (χ0n) is 10.1. The first-order chi connectivity index (χ1) is 8.54. The van der Waals surface area contributed by atoms with E-state index >= 15 is 0 Å². The molecular weight excluding hydrogens is 274 g/mol. The Kier molecular flexibility index (Phi) is 3.93. The van der Waals surface area contributed by atoms with Crippen LogP contribution < -0.4 is 0 Å². The van der Waals surface area contributed by atoms with E-state index in [1.54, 1.807) is 16.9 Å². The van der Waals surface area contributed by atoms with E-state index in [1.807, 2.05) is 0 Å². The smallest absolute Gasteiger partial charge is 0.143 e. The molecule has 0 N–H and O–H groups in total. The number of hydrogen-bond acceptors (Lipinski definition) is 1. The number of alkyl halides is 1. The van der Waals surface area contributed by atoms with Crippen molar-refractivity contribution in [2.75, 3.05) is 0 Å². The Morgan fingerprint density at radius 1 is 1.39 bits per heavy atom. The molecule has 1 heterocycles. The molecule has 2 nitrogen and oxygen atoms in total. The zero-order valence-corrected chi connectivity index (χ0v) is 11.6. The van der Waals surface area contributed by atoms with Gasteiger partial charge in [-0.2, -0.15) is 5.10 Å². The van der Waals surface area contributed by atoms with Crippen molar-refractivity contribution in [2.24, 2.45) is 0 Å². The predicted molar refractivity (Wildman–Crippen MR) is 72.2 cm³/mol. The Hall–Kier alpha value is -1.06. The van der Waals surface area contributed by atoms with Gasteiger partial charge >= 0.3 is 0 Å². The van der Waals surface area contributed by atoms with Crippen molar-refractivity contribution in [3.05, 3.63) is 46.5 Å². The van der Waals surface area contributed by atoms with E-state index in [0.717, 1.165) is 11.3 Å². The van der Waals surface area contributed by atoms with Gasteiger partial charge in [-0.3, -0.25) is 0 Å². The normalized spacial score (nSPS) is 11.2. The topological polar surface area (TPSA) is 17.8 Å². The highest BCUT2D eigenvalue weighted by Crippen LogP contribution is 2.25. The number of rotatable bonds is 3. The summed E-state index contributed by atoms with van der Waals surface area (Å²) in [6, 6.07) is 4.64. The molecule has 2 aromatic rings. The summed E-state index contributed by atoms with van der Waals surface area (Å²) in [5.74, 6) is 0.190. The standard InChI is InChI=1S/C13H13Cl2FN2/c1-8(2)13-9(6-14)7-17-18(13)10-3-4-11(15)12(16)5-10/h3-5,7-8H,6H2,1-2H3. The first-order valence-electron chi connectivity index (χ1n) is 5.62. The molecular formula is C13H13Cl2FN2. The van der Waals surface area contributed by atoms with Gasteiger partial charge in [-0.1, -0.05) is 25.4 Å². The third-order valence-electron chi connectivity index (χ3n) is 2.72. The molecule has 2 rings (SSSR count). The lowest BCUT2D eigenvalue weighted by atomic mass is 10.1. The number of hydrogen-bond donors (Lipinski definition) is 0. The lowest BCUT2D eigenvalue weighted by Crippen LogP contribution is -2.05. The van der Waals surface area contributed by atoms with E-state index in [1.165, 1.54) is 12.1 Å². The lowest BCUT2D eigenvalue weighted by molar-refractivity contribution is 0.624. The van der Waals surface area contributed by atoms with Gasteiger partial charge in [-0.25, -0.2) is 9.07 Å². The van der Waals surface area contributed by atoms with Crippen LogP contribution in [0.4, 0.5) is 4.39 Å².